The summed E-state index contributed by atoms with van der Waals surface area (Å²) in [5, 5.41) is 9.06. The number of anilines is 1. The number of carbonyl (C=O) groups excluding carboxylic acids is 3. The van der Waals surface area contributed by atoms with Gasteiger partial charge in [-0.2, -0.15) is 5.10 Å². The number of amides is 3. The highest BCUT2D eigenvalue weighted by Gasteiger charge is 2.15. The van der Waals surface area contributed by atoms with Gasteiger partial charge in [0.25, 0.3) is 5.91 Å². The molecule has 0 aliphatic carbocycles. The summed E-state index contributed by atoms with van der Waals surface area (Å²) >= 11 is 2.05. The molecule has 0 radical (unpaired) electrons. The number of hydrazone groups is 1. The zero-order chi connectivity index (χ0) is 26.1. The lowest BCUT2D eigenvalue weighted by Crippen LogP contribution is -2.37. The van der Waals surface area contributed by atoms with E-state index in [-0.39, 0.29) is 19.1 Å². The van der Waals surface area contributed by atoms with Gasteiger partial charge in [-0.15, -0.1) is 0 Å². The van der Waals surface area contributed by atoms with Gasteiger partial charge < -0.3 is 24.5 Å². The Hall–Kier alpha value is -3.87. The van der Waals surface area contributed by atoms with Crippen LogP contribution >= 0.6 is 22.6 Å². The molecule has 3 N–H and O–H groups in total. The summed E-state index contributed by atoms with van der Waals surface area (Å²) in [4.78, 5) is 36.1. The zero-order valence-electron chi connectivity index (χ0n) is 19.9. The third kappa shape index (κ3) is 7.83. The molecule has 188 valence electrons. The lowest BCUT2D eigenvalue weighted by molar-refractivity contribution is -0.139. The van der Waals surface area contributed by atoms with Crippen molar-refractivity contribution in [3.63, 3.8) is 0 Å². The first-order valence-electron chi connectivity index (χ1n) is 10.8. The first-order chi connectivity index (χ1) is 17.2. The van der Waals surface area contributed by atoms with Crippen LogP contribution in [-0.4, -0.2) is 37.7 Å². The van der Waals surface area contributed by atoms with Gasteiger partial charge in [0, 0.05) is 5.69 Å². The minimum absolute atomic E-state index is 0.0858. The molecule has 2 aromatic carbocycles. The van der Waals surface area contributed by atoms with E-state index in [0.29, 0.717) is 32.1 Å². The van der Waals surface area contributed by atoms with Crippen LogP contribution in [0.3, 0.4) is 0 Å². The maximum Gasteiger partial charge on any atom is 0.329 e. The number of nitrogens with zero attached hydrogens (tertiary/aromatic N) is 1. The fraction of sp³-hybridized carbons (Fsp3) is 0.200. The Bertz CT molecular complexity index is 1250. The quantitative estimate of drug-likeness (QED) is 0.149. The molecule has 3 amide bonds. The van der Waals surface area contributed by atoms with Crippen molar-refractivity contribution < 1.29 is 28.3 Å². The molecule has 0 saturated carbocycles. The fourth-order valence-corrected chi connectivity index (χ4v) is 3.99. The number of ether oxygens (including phenoxy) is 2. The Kier molecular flexibility index (Phi) is 9.45. The summed E-state index contributed by atoms with van der Waals surface area (Å²) in [5.41, 5.74) is 5.54. The lowest BCUT2D eigenvalue weighted by Gasteiger charge is -2.14. The predicted octanol–water partition coefficient (Wildman–Crippen LogP) is 3.29. The highest BCUT2D eigenvalue weighted by molar-refractivity contribution is 14.1. The minimum Gasteiger partial charge on any atom is -0.493 e. The van der Waals surface area contributed by atoms with Gasteiger partial charge in [0.2, 0.25) is 0 Å². The number of aryl methyl sites for hydroxylation is 2. The van der Waals surface area contributed by atoms with Crippen LogP contribution in [0.4, 0.5) is 5.69 Å². The van der Waals surface area contributed by atoms with Crippen molar-refractivity contribution in [3.05, 3.63) is 74.7 Å². The molecule has 0 unspecified atom stereocenters. The number of hydrogen-bond acceptors (Lipinski definition) is 7. The SMILES string of the molecule is COc1cc(/C=N\NC(=O)C(=O)NCc2ccco2)cc(I)c1OCC(=O)Nc1cc(C)cc(C)c1. The predicted molar refractivity (Wildman–Crippen MR) is 142 cm³/mol. The molecule has 10 nitrogen and oxygen atoms in total. The summed E-state index contributed by atoms with van der Waals surface area (Å²) in [5.74, 6) is -0.784. The zero-order valence-corrected chi connectivity index (χ0v) is 22.0. The monoisotopic (exact) mass is 604 g/mol. The van der Waals surface area contributed by atoms with Gasteiger partial charge in [-0.05, 0) is 89.5 Å². The smallest absolute Gasteiger partial charge is 0.329 e. The lowest BCUT2D eigenvalue weighted by atomic mass is 10.1. The van der Waals surface area contributed by atoms with Gasteiger partial charge in [0.05, 0.1) is 29.7 Å². The fourth-order valence-electron chi connectivity index (χ4n) is 3.21. The highest BCUT2D eigenvalue weighted by Crippen LogP contribution is 2.33. The molecule has 36 heavy (non-hydrogen) atoms. The van der Waals surface area contributed by atoms with E-state index >= 15 is 0 Å². The van der Waals surface area contributed by atoms with E-state index in [2.05, 4.69) is 21.2 Å². The largest absolute Gasteiger partial charge is 0.493 e. The maximum absolute atomic E-state index is 12.4. The summed E-state index contributed by atoms with van der Waals surface area (Å²) in [7, 11) is 1.47. The molecule has 0 spiro atoms. The van der Waals surface area contributed by atoms with E-state index in [0.717, 1.165) is 11.1 Å². The summed E-state index contributed by atoms with van der Waals surface area (Å²) in [6, 6.07) is 12.5. The molecule has 1 aromatic heterocycles. The Labute approximate surface area is 221 Å². The average Bonchev–Trinajstić information content (AvgIpc) is 3.34. The Balaban J connectivity index is 1.56. The number of rotatable bonds is 9. The number of furan rings is 1. The highest BCUT2D eigenvalue weighted by atomic mass is 127. The maximum atomic E-state index is 12.4. The molecular weight excluding hydrogens is 579 g/mol. The van der Waals surface area contributed by atoms with E-state index in [1.165, 1.54) is 19.6 Å². The first kappa shape index (κ1) is 26.7. The van der Waals surface area contributed by atoms with Gasteiger partial charge in [-0.1, -0.05) is 6.07 Å². The molecule has 3 rings (SSSR count). The average molecular weight is 604 g/mol. The Morgan fingerprint density at radius 2 is 1.83 bits per heavy atom. The molecule has 1 heterocycles. The Morgan fingerprint density at radius 3 is 2.50 bits per heavy atom. The van der Waals surface area contributed by atoms with Crippen LogP contribution in [0.1, 0.15) is 22.5 Å². The van der Waals surface area contributed by atoms with Crippen LogP contribution in [0.25, 0.3) is 0 Å². The number of hydrogen-bond donors (Lipinski definition) is 3. The van der Waals surface area contributed by atoms with Crippen molar-refractivity contribution >= 4 is 52.2 Å². The molecule has 0 fully saturated rings. The van der Waals surface area contributed by atoms with Crippen molar-refractivity contribution in [1.82, 2.24) is 10.7 Å². The third-order valence-corrected chi connectivity index (χ3v) is 5.50. The van der Waals surface area contributed by atoms with Crippen LogP contribution in [0.15, 0.2) is 58.2 Å². The second kappa shape index (κ2) is 12.7. The molecule has 0 saturated heterocycles. The van der Waals surface area contributed by atoms with E-state index in [1.54, 1.807) is 24.3 Å². The summed E-state index contributed by atoms with van der Waals surface area (Å²) < 4.78 is 16.9. The molecule has 0 aliphatic heterocycles. The van der Waals surface area contributed by atoms with Crippen LogP contribution < -0.4 is 25.5 Å². The molecular formula is C25H25IN4O6. The van der Waals surface area contributed by atoms with Crippen molar-refractivity contribution in [3.8, 4) is 11.5 Å². The van der Waals surface area contributed by atoms with Crippen molar-refractivity contribution in [1.29, 1.82) is 0 Å². The number of methoxy groups -OCH3 is 1. The summed E-state index contributed by atoms with van der Waals surface area (Å²) in [6.45, 7) is 3.79. The normalized spacial score (nSPS) is 10.7. The third-order valence-electron chi connectivity index (χ3n) is 4.69. The van der Waals surface area contributed by atoms with E-state index in [9.17, 15) is 14.4 Å². The van der Waals surface area contributed by atoms with E-state index < -0.39 is 11.8 Å². The topological polar surface area (TPSA) is 131 Å². The Morgan fingerprint density at radius 1 is 1.08 bits per heavy atom. The van der Waals surface area contributed by atoms with Crippen LogP contribution in [0.2, 0.25) is 0 Å². The van der Waals surface area contributed by atoms with Crippen LogP contribution in [0.5, 0.6) is 11.5 Å². The van der Waals surface area contributed by atoms with E-state index in [1.807, 2.05) is 54.6 Å². The summed E-state index contributed by atoms with van der Waals surface area (Å²) in [6.07, 6.45) is 2.83. The number of benzene rings is 2. The number of halogens is 1. The molecule has 3 aromatic rings. The van der Waals surface area contributed by atoms with Crippen molar-refractivity contribution in [2.24, 2.45) is 5.10 Å². The van der Waals surface area contributed by atoms with Crippen LogP contribution in [0, 0.1) is 17.4 Å². The van der Waals surface area contributed by atoms with E-state index in [4.69, 9.17) is 13.9 Å². The molecule has 0 bridgehead atoms. The second-order valence-corrected chi connectivity index (χ2v) is 8.87. The molecule has 11 heteroatoms. The number of nitrogens with one attached hydrogen (secondary N) is 3. The minimum atomic E-state index is -0.922. The standard InChI is InChI=1S/C25H25IN4O6/c1-15-7-16(2)9-18(8-15)29-22(31)14-36-23-20(26)10-17(11-21(23)34-3)12-28-30-25(33)24(32)27-13-19-5-4-6-35-19/h4-12H,13-14H2,1-3H3,(H,27,32)(H,29,31)(H,30,33)/b28-12-. The first-order valence-corrected chi connectivity index (χ1v) is 11.8. The second-order valence-electron chi connectivity index (χ2n) is 7.71. The molecule has 0 atom stereocenters. The van der Waals surface area contributed by atoms with Crippen molar-refractivity contribution in [2.45, 2.75) is 20.4 Å². The van der Waals surface area contributed by atoms with Gasteiger partial charge in [0.1, 0.15) is 5.76 Å². The van der Waals surface area contributed by atoms with Gasteiger partial charge >= 0.3 is 11.8 Å². The number of carbonyl (C=O) groups is 3. The van der Waals surface area contributed by atoms with Gasteiger partial charge in [0.15, 0.2) is 18.1 Å². The van der Waals surface area contributed by atoms with Crippen LogP contribution in [-0.2, 0) is 20.9 Å². The van der Waals surface area contributed by atoms with Gasteiger partial charge in [-0.3, -0.25) is 14.4 Å². The van der Waals surface area contributed by atoms with Crippen molar-refractivity contribution in [2.75, 3.05) is 19.0 Å². The molecule has 0 aliphatic rings. The van der Waals surface area contributed by atoms with Gasteiger partial charge in [-0.25, -0.2) is 5.43 Å².